The molecule has 0 unspecified atom stereocenters. The molecule has 4 atom stereocenters. The summed E-state index contributed by atoms with van der Waals surface area (Å²) in [6.45, 7) is 3.38. The molecule has 4 aliphatic rings. The highest BCUT2D eigenvalue weighted by atomic mass is 16.6. The van der Waals surface area contributed by atoms with Gasteiger partial charge in [0.15, 0.2) is 0 Å². The van der Waals surface area contributed by atoms with Crippen LogP contribution in [0, 0.1) is 5.92 Å². The molecule has 0 radical (unpaired) electrons. The molecule has 0 aliphatic carbocycles. The molecule has 3 saturated heterocycles. The van der Waals surface area contributed by atoms with Gasteiger partial charge in [-0.05, 0) is 37.5 Å². The summed E-state index contributed by atoms with van der Waals surface area (Å²) in [4.78, 5) is 27.3. The van der Waals surface area contributed by atoms with Crippen LogP contribution in [-0.4, -0.2) is 86.3 Å². The number of carbonyl (C=O) groups is 2. The largest absolute Gasteiger partial charge is 0.487 e. The van der Waals surface area contributed by atoms with Crippen molar-refractivity contribution in [2.45, 2.75) is 49.9 Å². The number of nitrogens with zero attached hydrogens (tertiary/aromatic N) is 1. The minimum absolute atomic E-state index is 0.00618. The number of aliphatic hydroxyl groups is 1. The zero-order chi connectivity index (χ0) is 22.8. The molecule has 2 amide bonds. The van der Waals surface area contributed by atoms with E-state index in [4.69, 9.17) is 18.9 Å². The summed E-state index contributed by atoms with van der Waals surface area (Å²) >= 11 is 0. The second-order valence-corrected chi connectivity index (χ2v) is 9.23. The van der Waals surface area contributed by atoms with Gasteiger partial charge < -0.3 is 34.3 Å². The molecule has 0 saturated carbocycles. The monoisotopic (exact) mass is 460 g/mol. The Bertz CT molecular complexity index is 866. The van der Waals surface area contributed by atoms with E-state index in [-0.39, 0.29) is 48.9 Å². The van der Waals surface area contributed by atoms with Crippen molar-refractivity contribution in [1.29, 1.82) is 0 Å². The van der Waals surface area contributed by atoms with E-state index in [0.717, 1.165) is 29.8 Å². The number of hydrogen-bond acceptors (Lipinski definition) is 7. The first-order valence-electron chi connectivity index (χ1n) is 11.9. The van der Waals surface area contributed by atoms with Gasteiger partial charge in [0, 0.05) is 49.4 Å². The van der Waals surface area contributed by atoms with Gasteiger partial charge in [-0.1, -0.05) is 0 Å². The molecule has 180 valence electrons. The normalized spacial score (nSPS) is 29.7. The van der Waals surface area contributed by atoms with Gasteiger partial charge in [0.1, 0.15) is 18.0 Å². The lowest BCUT2D eigenvalue weighted by molar-refractivity contribution is -0.151. The molecule has 0 aromatic heterocycles. The van der Waals surface area contributed by atoms with Crippen molar-refractivity contribution in [3.05, 3.63) is 23.8 Å². The standard InChI is InChI=1S/C24H32N2O7/c27-14-21-23-19(12-17(32-21)13-22(28)26-5-9-31-10-6-26)18-11-16(1-2-20(18)33-23)25-24(29)15-3-7-30-8-4-15/h1-2,11,15,17,19,21,23,27H,3-10,12-14H2,(H,25,29)/t17-,19-,21+,23+/m0/s1. The molecule has 33 heavy (non-hydrogen) atoms. The minimum atomic E-state index is -0.501. The predicted molar refractivity (Wildman–Crippen MR) is 118 cm³/mol. The molecule has 2 N–H and O–H groups in total. The van der Waals surface area contributed by atoms with Crippen molar-refractivity contribution in [3.8, 4) is 5.75 Å². The number of morpholine rings is 1. The third kappa shape index (κ3) is 4.87. The number of fused-ring (bicyclic) bond motifs is 3. The maximum atomic E-state index is 12.8. The van der Waals surface area contributed by atoms with Crippen LogP contribution < -0.4 is 10.1 Å². The summed E-state index contributed by atoms with van der Waals surface area (Å²) in [6.07, 6.45) is 1.27. The molecule has 4 heterocycles. The van der Waals surface area contributed by atoms with Crippen LogP contribution in [0.3, 0.4) is 0 Å². The van der Waals surface area contributed by atoms with E-state index in [9.17, 15) is 14.7 Å². The summed E-state index contributed by atoms with van der Waals surface area (Å²) in [5, 5.41) is 13.0. The number of nitrogens with one attached hydrogen (secondary N) is 1. The number of benzene rings is 1. The molecule has 9 heteroatoms. The SMILES string of the molecule is O=C(Nc1ccc2c(c1)[C@@H]1C[C@@H](CC(=O)N3CCOCC3)O[C@H](CO)[C@@H]1O2)C1CCOCC1. The highest BCUT2D eigenvalue weighted by Crippen LogP contribution is 2.47. The lowest BCUT2D eigenvalue weighted by Gasteiger charge is -2.38. The number of aliphatic hydroxyl groups excluding tert-OH is 1. The van der Waals surface area contributed by atoms with E-state index in [1.807, 2.05) is 23.1 Å². The van der Waals surface area contributed by atoms with Crippen LogP contribution in [0.2, 0.25) is 0 Å². The summed E-state index contributed by atoms with van der Waals surface area (Å²) in [6, 6.07) is 5.69. The number of rotatable bonds is 5. The van der Waals surface area contributed by atoms with Crippen LogP contribution in [-0.2, 0) is 23.8 Å². The molecule has 1 aromatic rings. The molecule has 5 rings (SSSR count). The van der Waals surface area contributed by atoms with E-state index < -0.39 is 6.10 Å². The van der Waals surface area contributed by atoms with Crippen LogP contribution in [0.5, 0.6) is 5.75 Å². The number of carbonyl (C=O) groups excluding carboxylic acids is 2. The average molecular weight is 461 g/mol. The van der Waals surface area contributed by atoms with Crippen molar-refractivity contribution >= 4 is 17.5 Å². The van der Waals surface area contributed by atoms with E-state index >= 15 is 0 Å². The van der Waals surface area contributed by atoms with Crippen LogP contribution in [0.15, 0.2) is 18.2 Å². The maximum Gasteiger partial charge on any atom is 0.227 e. The highest BCUT2D eigenvalue weighted by molar-refractivity contribution is 5.92. The smallest absolute Gasteiger partial charge is 0.227 e. The lowest BCUT2D eigenvalue weighted by atomic mass is 9.84. The molecule has 0 bridgehead atoms. The van der Waals surface area contributed by atoms with E-state index in [0.29, 0.717) is 45.9 Å². The first-order chi connectivity index (χ1) is 16.1. The van der Waals surface area contributed by atoms with Gasteiger partial charge in [0.05, 0.1) is 32.3 Å². The summed E-state index contributed by atoms with van der Waals surface area (Å²) in [5.74, 6) is 0.774. The maximum absolute atomic E-state index is 12.8. The van der Waals surface area contributed by atoms with Crippen LogP contribution in [0.1, 0.15) is 37.2 Å². The zero-order valence-corrected chi connectivity index (χ0v) is 18.7. The topological polar surface area (TPSA) is 107 Å². The summed E-state index contributed by atoms with van der Waals surface area (Å²) < 4.78 is 22.9. The van der Waals surface area contributed by atoms with E-state index in [2.05, 4.69) is 5.32 Å². The van der Waals surface area contributed by atoms with Crippen molar-refractivity contribution in [1.82, 2.24) is 4.90 Å². The summed E-state index contributed by atoms with van der Waals surface area (Å²) in [5.41, 5.74) is 1.73. The molecular weight excluding hydrogens is 428 g/mol. The van der Waals surface area contributed by atoms with E-state index in [1.54, 1.807) is 0 Å². The third-order valence-corrected chi connectivity index (χ3v) is 7.13. The first-order valence-corrected chi connectivity index (χ1v) is 11.9. The number of amides is 2. The fourth-order valence-corrected chi connectivity index (χ4v) is 5.31. The lowest BCUT2D eigenvalue weighted by Crippen LogP contribution is -2.48. The zero-order valence-electron chi connectivity index (χ0n) is 18.7. The van der Waals surface area contributed by atoms with Gasteiger partial charge in [0.2, 0.25) is 11.8 Å². The van der Waals surface area contributed by atoms with Crippen molar-refractivity contribution < 1.29 is 33.6 Å². The van der Waals surface area contributed by atoms with Gasteiger partial charge in [-0.3, -0.25) is 9.59 Å². The van der Waals surface area contributed by atoms with Gasteiger partial charge in [-0.15, -0.1) is 0 Å². The van der Waals surface area contributed by atoms with Crippen LogP contribution in [0.4, 0.5) is 5.69 Å². The Morgan fingerprint density at radius 2 is 1.85 bits per heavy atom. The van der Waals surface area contributed by atoms with Gasteiger partial charge in [0.25, 0.3) is 0 Å². The Morgan fingerprint density at radius 1 is 1.09 bits per heavy atom. The molecule has 1 aromatic carbocycles. The summed E-state index contributed by atoms with van der Waals surface area (Å²) in [7, 11) is 0. The molecular formula is C24H32N2O7. The number of ether oxygens (including phenoxy) is 4. The van der Waals surface area contributed by atoms with Crippen LogP contribution >= 0.6 is 0 Å². The predicted octanol–water partition coefficient (Wildman–Crippen LogP) is 1.29. The molecule has 4 aliphatic heterocycles. The second-order valence-electron chi connectivity index (χ2n) is 9.23. The third-order valence-electron chi connectivity index (χ3n) is 7.13. The second kappa shape index (κ2) is 9.97. The molecule has 9 nitrogen and oxygen atoms in total. The van der Waals surface area contributed by atoms with Crippen molar-refractivity contribution in [3.63, 3.8) is 0 Å². The quantitative estimate of drug-likeness (QED) is 0.682. The highest BCUT2D eigenvalue weighted by Gasteiger charge is 2.46. The first kappa shape index (κ1) is 22.6. The molecule has 3 fully saturated rings. The van der Waals surface area contributed by atoms with Gasteiger partial charge in [-0.2, -0.15) is 0 Å². The Balaban J connectivity index is 1.28. The minimum Gasteiger partial charge on any atom is -0.487 e. The Morgan fingerprint density at radius 3 is 2.61 bits per heavy atom. The van der Waals surface area contributed by atoms with Crippen LogP contribution in [0.25, 0.3) is 0 Å². The Hall–Kier alpha value is -2.20. The Kier molecular flexibility index (Phi) is 6.82. The fourth-order valence-electron chi connectivity index (χ4n) is 5.31. The number of hydrogen-bond donors (Lipinski definition) is 2. The van der Waals surface area contributed by atoms with Gasteiger partial charge in [-0.25, -0.2) is 0 Å². The number of anilines is 1. The molecule has 0 spiro atoms. The fraction of sp³-hybridized carbons (Fsp3) is 0.667. The van der Waals surface area contributed by atoms with Gasteiger partial charge >= 0.3 is 0 Å². The van der Waals surface area contributed by atoms with E-state index in [1.165, 1.54) is 0 Å². The average Bonchev–Trinajstić information content (AvgIpc) is 3.22. The van der Waals surface area contributed by atoms with Crippen molar-refractivity contribution in [2.75, 3.05) is 51.4 Å². The Labute approximate surface area is 193 Å². The van der Waals surface area contributed by atoms with Crippen molar-refractivity contribution in [2.24, 2.45) is 5.92 Å².